The number of rotatable bonds is 6. The molecule has 0 aliphatic heterocycles. The lowest BCUT2D eigenvalue weighted by atomic mass is 10.1. The molecule has 0 aliphatic rings. The minimum Gasteiger partial charge on any atom is -0.455 e. The average molecular weight is 332 g/mol. The fourth-order valence-electron chi connectivity index (χ4n) is 1.48. The Balaban J connectivity index is 2.40. The molecule has 0 aromatic heterocycles. The first-order valence-electron chi connectivity index (χ1n) is 6.68. The van der Waals surface area contributed by atoms with E-state index >= 15 is 0 Å². The summed E-state index contributed by atoms with van der Waals surface area (Å²) in [7, 11) is 0. The van der Waals surface area contributed by atoms with Crippen LogP contribution in [0.3, 0.4) is 0 Å². The summed E-state index contributed by atoms with van der Waals surface area (Å²) in [6, 6.07) is 4.94. The van der Waals surface area contributed by atoms with Crippen molar-refractivity contribution in [3.05, 3.63) is 33.8 Å². The number of nitrogens with one attached hydrogen (secondary N) is 1. The van der Waals surface area contributed by atoms with E-state index in [9.17, 15) is 9.59 Å². The number of halogens is 2. The van der Waals surface area contributed by atoms with E-state index in [1.165, 1.54) is 0 Å². The summed E-state index contributed by atoms with van der Waals surface area (Å²) in [6.07, 6.45) is 0.0455. The van der Waals surface area contributed by atoms with Gasteiger partial charge in [0.2, 0.25) is 0 Å². The summed E-state index contributed by atoms with van der Waals surface area (Å²) in [5.74, 6) is -0.472. The molecule has 0 aliphatic carbocycles. The second-order valence-electron chi connectivity index (χ2n) is 5.19. The van der Waals surface area contributed by atoms with E-state index in [-0.39, 0.29) is 25.0 Å². The molecule has 0 bridgehead atoms. The number of carbonyl (C=O) groups is 2. The van der Waals surface area contributed by atoms with Gasteiger partial charge in [-0.1, -0.05) is 43.1 Å². The molecule has 0 spiro atoms. The van der Waals surface area contributed by atoms with Gasteiger partial charge in [0, 0.05) is 6.04 Å². The zero-order valence-corrected chi connectivity index (χ0v) is 13.8. The molecule has 1 rings (SSSR count). The molecular formula is C15H19Cl2NO3. The van der Waals surface area contributed by atoms with Gasteiger partial charge in [-0.3, -0.25) is 9.59 Å². The van der Waals surface area contributed by atoms with E-state index in [0.717, 1.165) is 0 Å². The molecule has 0 fully saturated rings. The highest BCUT2D eigenvalue weighted by Crippen LogP contribution is 2.22. The zero-order chi connectivity index (χ0) is 16.0. The molecule has 0 heterocycles. The van der Waals surface area contributed by atoms with Crippen LogP contribution in [0.5, 0.6) is 0 Å². The van der Waals surface area contributed by atoms with Crippen LogP contribution in [0.2, 0.25) is 10.0 Å². The number of hydrogen-bond donors (Lipinski definition) is 1. The fraction of sp³-hybridized carbons (Fsp3) is 0.467. The fourth-order valence-corrected chi connectivity index (χ4v) is 1.80. The van der Waals surface area contributed by atoms with Crippen molar-refractivity contribution in [3.8, 4) is 0 Å². The Morgan fingerprint density at radius 3 is 2.43 bits per heavy atom. The van der Waals surface area contributed by atoms with E-state index in [1.54, 1.807) is 18.2 Å². The summed E-state index contributed by atoms with van der Waals surface area (Å²) >= 11 is 11.7. The lowest BCUT2D eigenvalue weighted by Crippen LogP contribution is -2.38. The summed E-state index contributed by atoms with van der Waals surface area (Å²) in [4.78, 5) is 23.2. The summed E-state index contributed by atoms with van der Waals surface area (Å²) in [5.41, 5.74) is 0.686. The molecule has 1 N–H and O–H groups in total. The van der Waals surface area contributed by atoms with Gasteiger partial charge in [0.1, 0.15) is 0 Å². The lowest BCUT2D eigenvalue weighted by molar-refractivity contribution is -0.148. The summed E-state index contributed by atoms with van der Waals surface area (Å²) in [6.45, 7) is 5.62. The Bertz CT molecular complexity index is 518. The predicted molar refractivity (Wildman–Crippen MR) is 83.6 cm³/mol. The van der Waals surface area contributed by atoms with Gasteiger partial charge in [-0.25, -0.2) is 0 Å². The van der Waals surface area contributed by atoms with Gasteiger partial charge >= 0.3 is 5.97 Å². The largest absolute Gasteiger partial charge is 0.455 e. The minimum absolute atomic E-state index is 0.0336. The number of benzene rings is 1. The number of hydrogen-bond acceptors (Lipinski definition) is 3. The van der Waals surface area contributed by atoms with Gasteiger partial charge < -0.3 is 10.1 Å². The van der Waals surface area contributed by atoms with Crippen molar-refractivity contribution in [2.45, 2.75) is 33.2 Å². The average Bonchev–Trinajstić information content (AvgIpc) is 2.40. The standard InChI is InChI=1S/C15H19Cl2NO3/c1-9(2)10(3)18-14(19)8-21-15(20)7-11-4-5-12(16)13(17)6-11/h4-6,9-10H,7-8H2,1-3H3,(H,18,19)/t10-/m0/s1. The van der Waals surface area contributed by atoms with Crippen LogP contribution in [0, 0.1) is 5.92 Å². The maximum Gasteiger partial charge on any atom is 0.310 e. The molecule has 116 valence electrons. The molecule has 1 aromatic carbocycles. The van der Waals surface area contributed by atoms with Crippen molar-refractivity contribution >= 4 is 35.1 Å². The molecule has 6 heteroatoms. The van der Waals surface area contributed by atoms with Crippen LogP contribution in [0.15, 0.2) is 18.2 Å². The number of amides is 1. The second-order valence-corrected chi connectivity index (χ2v) is 6.00. The van der Waals surface area contributed by atoms with Crippen LogP contribution in [0.25, 0.3) is 0 Å². The van der Waals surface area contributed by atoms with Crippen molar-refractivity contribution in [2.75, 3.05) is 6.61 Å². The zero-order valence-electron chi connectivity index (χ0n) is 12.3. The molecule has 1 aromatic rings. The Kier molecular flexibility index (Phi) is 6.99. The van der Waals surface area contributed by atoms with E-state index in [0.29, 0.717) is 21.5 Å². The third-order valence-electron chi connectivity index (χ3n) is 3.09. The maximum atomic E-state index is 11.7. The third kappa shape index (κ3) is 6.36. The van der Waals surface area contributed by atoms with Gasteiger partial charge in [0.05, 0.1) is 16.5 Å². The molecule has 0 saturated heterocycles. The highest BCUT2D eigenvalue weighted by Gasteiger charge is 2.13. The first kappa shape index (κ1) is 17.8. The molecule has 1 atom stereocenters. The monoisotopic (exact) mass is 331 g/mol. The predicted octanol–water partition coefficient (Wildman–Crippen LogP) is 3.24. The van der Waals surface area contributed by atoms with Crippen molar-refractivity contribution in [3.63, 3.8) is 0 Å². The second kappa shape index (κ2) is 8.25. The van der Waals surface area contributed by atoms with Crippen LogP contribution in [0.4, 0.5) is 0 Å². The number of carbonyl (C=O) groups excluding carboxylic acids is 2. The summed E-state index contributed by atoms with van der Waals surface area (Å²) in [5, 5.41) is 3.57. The topological polar surface area (TPSA) is 55.4 Å². The van der Waals surface area contributed by atoms with Crippen molar-refractivity contribution in [1.82, 2.24) is 5.32 Å². The maximum absolute atomic E-state index is 11.7. The molecule has 21 heavy (non-hydrogen) atoms. The molecular weight excluding hydrogens is 313 g/mol. The van der Waals surface area contributed by atoms with Crippen LogP contribution in [-0.2, 0) is 20.7 Å². The Morgan fingerprint density at radius 1 is 1.19 bits per heavy atom. The van der Waals surface area contributed by atoms with Gasteiger partial charge in [-0.2, -0.15) is 0 Å². The Labute approximate surface area is 134 Å². The Hall–Kier alpha value is -1.26. The van der Waals surface area contributed by atoms with E-state index in [1.807, 2.05) is 20.8 Å². The third-order valence-corrected chi connectivity index (χ3v) is 3.82. The van der Waals surface area contributed by atoms with Gasteiger partial charge in [0.25, 0.3) is 5.91 Å². The van der Waals surface area contributed by atoms with Crippen molar-refractivity contribution < 1.29 is 14.3 Å². The first-order valence-corrected chi connectivity index (χ1v) is 7.44. The first-order chi connectivity index (χ1) is 9.79. The molecule has 4 nitrogen and oxygen atoms in total. The summed E-state index contributed by atoms with van der Waals surface area (Å²) < 4.78 is 4.93. The van der Waals surface area contributed by atoms with Crippen molar-refractivity contribution in [1.29, 1.82) is 0 Å². The quantitative estimate of drug-likeness (QED) is 0.814. The van der Waals surface area contributed by atoms with Gasteiger partial charge in [0.15, 0.2) is 6.61 Å². The van der Waals surface area contributed by atoms with Crippen LogP contribution in [-0.4, -0.2) is 24.5 Å². The van der Waals surface area contributed by atoms with Gasteiger partial charge in [-0.05, 0) is 30.5 Å². The normalized spacial score (nSPS) is 12.1. The van der Waals surface area contributed by atoms with E-state index in [4.69, 9.17) is 27.9 Å². The van der Waals surface area contributed by atoms with Gasteiger partial charge in [-0.15, -0.1) is 0 Å². The number of ether oxygens (including phenoxy) is 1. The SMILES string of the molecule is CC(C)[C@H](C)NC(=O)COC(=O)Cc1ccc(Cl)c(Cl)c1. The highest BCUT2D eigenvalue weighted by molar-refractivity contribution is 6.42. The lowest BCUT2D eigenvalue weighted by Gasteiger charge is -2.17. The molecule has 0 saturated carbocycles. The highest BCUT2D eigenvalue weighted by atomic mass is 35.5. The van der Waals surface area contributed by atoms with Crippen molar-refractivity contribution in [2.24, 2.45) is 5.92 Å². The van der Waals surface area contributed by atoms with E-state index in [2.05, 4.69) is 5.32 Å². The van der Waals surface area contributed by atoms with Crippen LogP contribution < -0.4 is 5.32 Å². The van der Waals surface area contributed by atoms with Crippen LogP contribution >= 0.6 is 23.2 Å². The minimum atomic E-state index is -0.485. The molecule has 0 radical (unpaired) electrons. The molecule has 1 amide bonds. The van der Waals surface area contributed by atoms with Crippen LogP contribution in [0.1, 0.15) is 26.3 Å². The van der Waals surface area contributed by atoms with E-state index < -0.39 is 5.97 Å². The Morgan fingerprint density at radius 2 is 1.86 bits per heavy atom. The molecule has 0 unspecified atom stereocenters. The smallest absolute Gasteiger partial charge is 0.310 e. The number of esters is 1.